The van der Waals surface area contributed by atoms with Crippen molar-refractivity contribution in [1.82, 2.24) is 4.90 Å². The molecule has 2 N–H and O–H groups in total. The maximum Gasteiger partial charge on any atom is 0.222 e. The van der Waals surface area contributed by atoms with E-state index in [1.807, 2.05) is 30.0 Å². The zero-order chi connectivity index (χ0) is 15.7. The molecule has 0 aliphatic heterocycles. The number of benzene rings is 1. The van der Waals surface area contributed by atoms with Crippen molar-refractivity contribution in [2.45, 2.75) is 39.7 Å². The number of nitriles is 1. The molecule has 0 heterocycles. The molecule has 1 rings (SSSR count). The third-order valence-corrected chi connectivity index (χ3v) is 3.74. The Morgan fingerprint density at radius 2 is 2.10 bits per heavy atom. The number of nitrogens with two attached hydrogens (primary N) is 1. The minimum atomic E-state index is 0.147. The molecule has 0 saturated heterocycles. The Balaban J connectivity index is 2.62. The van der Waals surface area contributed by atoms with Crippen LogP contribution in [0.25, 0.3) is 0 Å². The highest BCUT2D eigenvalue weighted by molar-refractivity contribution is 5.76. The van der Waals surface area contributed by atoms with Crippen molar-refractivity contribution in [3.05, 3.63) is 35.4 Å². The van der Waals surface area contributed by atoms with Crippen molar-refractivity contribution in [2.75, 3.05) is 13.1 Å². The van der Waals surface area contributed by atoms with Gasteiger partial charge < -0.3 is 10.6 Å². The number of amides is 1. The van der Waals surface area contributed by atoms with Crippen LogP contribution >= 0.6 is 0 Å². The number of carbonyl (C=O) groups is 1. The molecule has 0 radical (unpaired) electrons. The van der Waals surface area contributed by atoms with Gasteiger partial charge in [-0.1, -0.05) is 25.1 Å². The van der Waals surface area contributed by atoms with Gasteiger partial charge in [-0.25, -0.2) is 0 Å². The summed E-state index contributed by atoms with van der Waals surface area (Å²) < 4.78 is 0. The minimum Gasteiger partial charge on any atom is -0.339 e. The van der Waals surface area contributed by atoms with Gasteiger partial charge in [-0.3, -0.25) is 4.79 Å². The Morgan fingerprint density at radius 3 is 2.71 bits per heavy atom. The van der Waals surface area contributed by atoms with Gasteiger partial charge in [0.2, 0.25) is 5.91 Å². The van der Waals surface area contributed by atoms with E-state index in [1.165, 1.54) is 0 Å². The molecule has 4 heteroatoms. The summed E-state index contributed by atoms with van der Waals surface area (Å²) in [5.74, 6) is 0.623. The third-order valence-electron chi connectivity index (χ3n) is 3.74. The Hall–Kier alpha value is -1.86. The van der Waals surface area contributed by atoms with Crippen LogP contribution in [0.15, 0.2) is 24.3 Å². The zero-order valence-corrected chi connectivity index (χ0v) is 13.0. The number of rotatable bonds is 8. The van der Waals surface area contributed by atoms with E-state index in [4.69, 9.17) is 11.0 Å². The summed E-state index contributed by atoms with van der Waals surface area (Å²) in [4.78, 5) is 14.1. The first-order valence-corrected chi connectivity index (χ1v) is 7.58. The largest absolute Gasteiger partial charge is 0.339 e. The van der Waals surface area contributed by atoms with E-state index in [1.54, 1.807) is 6.07 Å². The highest BCUT2D eigenvalue weighted by Crippen LogP contribution is 2.14. The molecule has 21 heavy (non-hydrogen) atoms. The smallest absolute Gasteiger partial charge is 0.222 e. The Bertz CT molecular complexity index is 493. The molecule has 1 atom stereocenters. The molecule has 1 unspecified atom stereocenters. The second-order valence-electron chi connectivity index (χ2n) is 5.40. The van der Waals surface area contributed by atoms with Crippen molar-refractivity contribution in [2.24, 2.45) is 11.7 Å². The topological polar surface area (TPSA) is 70.1 Å². The second-order valence-corrected chi connectivity index (χ2v) is 5.40. The summed E-state index contributed by atoms with van der Waals surface area (Å²) in [5.41, 5.74) is 7.08. The summed E-state index contributed by atoms with van der Waals surface area (Å²) in [6.45, 7) is 5.92. The van der Waals surface area contributed by atoms with E-state index in [-0.39, 0.29) is 5.91 Å². The van der Waals surface area contributed by atoms with Gasteiger partial charge in [0.25, 0.3) is 0 Å². The van der Waals surface area contributed by atoms with E-state index in [0.29, 0.717) is 37.5 Å². The average Bonchev–Trinajstić information content (AvgIpc) is 2.50. The van der Waals surface area contributed by atoms with Crippen LogP contribution in [0, 0.1) is 17.2 Å². The first-order valence-electron chi connectivity index (χ1n) is 7.58. The molecule has 0 aliphatic carbocycles. The first kappa shape index (κ1) is 17.2. The Kier molecular flexibility index (Phi) is 7.49. The zero-order valence-electron chi connectivity index (χ0n) is 13.0. The summed E-state index contributed by atoms with van der Waals surface area (Å²) in [5, 5.41) is 9.11. The van der Waals surface area contributed by atoms with Crippen molar-refractivity contribution in [1.29, 1.82) is 5.26 Å². The molecule has 1 aromatic rings. The van der Waals surface area contributed by atoms with Gasteiger partial charge in [0, 0.05) is 19.5 Å². The lowest BCUT2D eigenvalue weighted by molar-refractivity contribution is -0.131. The Labute approximate surface area is 127 Å². The lowest BCUT2D eigenvalue weighted by Crippen LogP contribution is -2.30. The maximum atomic E-state index is 12.3. The predicted molar refractivity (Wildman–Crippen MR) is 84.3 cm³/mol. The SMILES string of the molecule is CCN(Cc1ccccc1C#N)C(=O)CCC(C)CCN. The van der Waals surface area contributed by atoms with E-state index in [9.17, 15) is 4.79 Å². The highest BCUT2D eigenvalue weighted by atomic mass is 16.2. The van der Waals surface area contributed by atoms with Gasteiger partial charge in [-0.05, 0) is 43.9 Å². The van der Waals surface area contributed by atoms with E-state index in [2.05, 4.69) is 13.0 Å². The van der Waals surface area contributed by atoms with E-state index >= 15 is 0 Å². The van der Waals surface area contributed by atoms with Gasteiger partial charge >= 0.3 is 0 Å². The van der Waals surface area contributed by atoms with Crippen molar-refractivity contribution in [3.63, 3.8) is 0 Å². The second kappa shape index (κ2) is 9.15. The molecule has 1 amide bonds. The van der Waals surface area contributed by atoms with Crippen LogP contribution in [0.3, 0.4) is 0 Å². The number of hydrogen-bond acceptors (Lipinski definition) is 3. The standard InChI is InChI=1S/C17H25N3O/c1-3-20(17(21)9-8-14(2)10-11-18)13-16-7-5-4-6-15(16)12-19/h4-7,14H,3,8-11,13,18H2,1-2H3. The molecule has 0 fully saturated rings. The lowest BCUT2D eigenvalue weighted by Gasteiger charge is -2.22. The molecule has 0 aromatic heterocycles. The summed E-state index contributed by atoms with van der Waals surface area (Å²) >= 11 is 0. The van der Waals surface area contributed by atoms with Gasteiger partial charge in [-0.2, -0.15) is 5.26 Å². The van der Waals surface area contributed by atoms with Crippen LogP contribution in [0.5, 0.6) is 0 Å². The fraction of sp³-hybridized carbons (Fsp3) is 0.529. The molecular weight excluding hydrogens is 262 g/mol. The average molecular weight is 287 g/mol. The Morgan fingerprint density at radius 1 is 1.38 bits per heavy atom. The molecule has 0 bridgehead atoms. The number of nitrogens with zero attached hydrogens (tertiary/aromatic N) is 2. The maximum absolute atomic E-state index is 12.3. The van der Waals surface area contributed by atoms with Crippen molar-refractivity contribution >= 4 is 5.91 Å². The molecule has 114 valence electrons. The molecule has 4 nitrogen and oxygen atoms in total. The summed E-state index contributed by atoms with van der Waals surface area (Å²) in [6, 6.07) is 9.62. The fourth-order valence-corrected chi connectivity index (χ4v) is 2.31. The third kappa shape index (κ3) is 5.57. The van der Waals surface area contributed by atoms with Crippen LogP contribution in [-0.4, -0.2) is 23.9 Å². The monoisotopic (exact) mass is 287 g/mol. The molecule has 0 saturated carbocycles. The van der Waals surface area contributed by atoms with Crippen molar-refractivity contribution in [3.8, 4) is 6.07 Å². The van der Waals surface area contributed by atoms with Crippen LogP contribution < -0.4 is 5.73 Å². The number of carbonyl (C=O) groups excluding carboxylic acids is 1. The summed E-state index contributed by atoms with van der Waals surface area (Å²) in [6.07, 6.45) is 2.37. The number of hydrogen-bond donors (Lipinski definition) is 1. The van der Waals surface area contributed by atoms with E-state index < -0.39 is 0 Å². The van der Waals surface area contributed by atoms with Gasteiger partial charge in [0.1, 0.15) is 0 Å². The van der Waals surface area contributed by atoms with Crippen LogP contribution in [0.1, 0.15) is 44.2 Å². The van der Waals surface area contributed by atoms with Gasteiger partial charge in [0.15, 0.2) is 0 Å². The molecule has 1 aromatic carbocycles. The molecule has 0 aliphatic rings. The van der Waals surface area contributed by atoms with Crippen LogP contribution in [-0.2, 0) is 11.3 Å². The quantitative estimate of drug-likeness (QED) is 0.799. The summed E-state index contributed by atoms with van der Waals surface area (Å²) in [7, 11) is 0. The molecule has 0 spiro atoms. The highest BCUT2D eigenvalue weighted by Gasteiger charge is 2.15. The first-order chi connectivity index (χ1) is 10.1. The van der Waals surface area contributed by atoms with Crippen LogP contribution in [0.4, 0.5) is 0 Å². The molecular formula is C17H25N3O. The van der Waals surface area contributed by atoms with Crippen molar-refractivity contribution < 1.29 is 4.79 Å². The normalized spacial score (nSPS) is 11.7. The lowest BCUT2D eigenvalue weighted by atomic mass is 10.0. The fourth-order valence-electron chi connectivity index (χ4n) is 2.31. The minimum absolute atomic E-state index is 0.147. The van der Waals surface area contributed by atoms with Crippen LogP contribution in [0.2, 0.25) is 0 Å². The van der Waals surface area contributed by atoms with Gasteiger partial charge in [-0.15, -0.1) is 0 Å². The predicted octanol–water partition coefficient (Wildman–Crippen LogP) is 2.67. The van der Waals surface area contributed by atoms with Gasteiger partial charge in [0.05, 0.1) is 11.6 Å². The van der Waals surface area contributed by atoms with E-state index in [0.717, 1.165) is 18.4 Å².